The van der Waals surface area contributed by atoms with Gasteiger partial charge in [-0.25, -0.2) is 13.8 Å². The minimum Gasteiger partial charge on any atom is -0.488 e. The summed E-state index contributed by atoms with van der Waals surface area (Å²) >= 11 is 0. The second kappa shape index (κ2) is 9.44. The van der Waals surface area contributed by atoms with Gasteiger partial charge in [0.05, 0.1) is 11.4 Å². The van der Waals surface area contributed by atoms with E-state index in [4.69, 9.17) is 20.6 Å². The van der Waals surface area contributed by atoms with Gasteiger partial charge in [0, 0.05) is 41.2 Å². The topological polar surface area (TPSA) is 75.2 Å². The maximum Gasteiger partial charge on any atom is 0.172 e. The number of benzene rings is 2. The molecule has 0 radical (unpaired) electrons. The number of hydrazone groups is 1. The van der Waals surface area contributed by atoms with Crippen LogP contribution in [0.5, 0.6) is 5.75 Å². The molecule has 6 nitrogen and oxygen atoms in total. The molecule has 0 spiro atoms. The first-order valence-corrected chi connectivity index (χ1v) is 10.9. The van der Waals surface area contributed by atoms with Crippen molar-refractivity contribution in [2.24, 2.45) is 10.1 Å². The molecular formula is C25H27F2N5O. The van der Waals surface area contributed by atoms with Crippen molar-refractivity contribution in [2.75, 3.05) is 12.3 Å². The third-order valence-corrected chi connectivity index (χ3v) is 5.22. The van der Waals surface area contributed by atoms with Crippen molar-refractivity contribution >= 4 is 17.2 Å². The van der Waals surface area contributed by atoms with Gasteiger partial charge >= 0.3 is 0 Å². The summed E-state index contributed by atoms with van der Waals surface area (Å²) in [5, 5.41) is 10.1. The minimum atomic E-state index is -0.656. The molecule has 2 heterocycles. The van der Waals surface area contributed by atoms with Gasteiger partial charge in [0.25, 0.3) is 0 Å². The molecule has 172 valence electrons. The fourth-order valence-electron chi connectivity index (χ4n) is 3.64. The van der Waals surface area contributed by atoms with Crippen LogP contribution in [0.3, 0.4) is 0 Å². The van der Waals surface area contributed by atoms with Crippen LogP contribution >= 0.6 is 0 Å². The Balaban J connectivity index is 1.73. The SMILES string of the molecule is CC1=CCCN=C2C(NC(C)C)=CC(c3cc(N)ccc3OCc3ccc(F)cc3F)=NN12. The highest BCUT2D eigenvalue weighted by atomic mass is 19.1. The van der Waals surface area contributed by atoms with Crippen molar-refractivity contribution < 1.29 is 13.5 Å². The molecule has 8 heteroatoms. The summed E-state index contributed by atoms with van der Waals surface area (Å²) in [7, 11) is 0. The summed E-state index contributed by atoms with van der Waals surface area (Å²) in [5.74, 6) is -0.0340. The fraction of sp³-hybridized carbons (Fsp3) is 0.280. The van der Waals surface area contributed by atoms with Crippen molar-refractivity contribution in [3.05, 3.63) is 82.7 Å². The van der Waals surface area contributed by atoms with Crippen LogP contribution in [0, 0.1) is 11.6 Å². The summed E-state index contributed by atoms with van der Waals surface area (Å²) in [6.45, 7) is 6.73. The predicted molar refractivity (Wildman–Crippen MR) is 127 cm³/mol. The lowest BCUT2D eigenvalue weighted by Crippen LogP contribution is -2.38. The standard InChI is InChI=1S/C25H27F2N5O/c1-15(2)30-23-13-22(31-32-16(3)5-4-10-29-25(23)32)20-12-19(28)8-9-24(20)33-14-17-6-7-18(26)11-21(17)27/h5-9,11-13,15,30H,4,10,14,28H2,1-3H3. The number of halogens is 2. The number of nitrogens with zero attached hydrogens (tertiary/aromatic N) is 3. The van der Waals surface area contributed by atoms with Crippen molar-refractivity contribution in [3.63, 3.8) is 0 Å². The normalized spacial score (nSPS) is 15.8. The quantitative estimate of drug-likeness (QED) is 0.623. The molecule has 0 bridgehead atoms. The Labute approximate surface area is 192 Å². The van der Waals surface area contributed by atoms with Crippen LogP contribution in [0.15, 0.2) is 70.0 Å². The van der Waals surface area contributed by atoms with Crippen LogP contribution in [0.1, 0.15) is 38.3 Å². The molecule has 2 aromatic rings. The predicted octanol–water partition coefficient (Wildman–Crippen LogP) is 4.73. The lowest BCUT2D eigenvalue weighted by atomic mass is 10.0. The molecule has 0 unspecified atom stereocenters. The van der Waals surface area contributed by atoms with Crippen molar-refractivity contribution in [3.8, 4) is 5.75 Å². The molecule has 4 rings (SSSR count). The van der Waals surface area contributed by atoms with E-state index in [-0.39, 0.29) is 18.2 Å². The zero-order valence-corrected chi connectivity index (χ0v) is 18.9. The van der Waals surface area contributed by atoms with E-state index in [9.17, 15) is 8.78 Å². The van der Waals surface area contributed by atoms with E-state index in [1.165, 1.54) is 12.1 Å². The molecule has 2 aliphatic rings. The number of ether oxygens (including phenoxy) is 1. The summed E-state index contributed by atoms with van der Waals surface area (Å²) < 4.78 is 33.3. The van der Waals surface area contributed by atoms with Gasteiger partial charge in [0.2, 0.25) is 0 Å². The van der Waals surface area contributed by atoms with Crippen molar-refractivity contribution in [1.29, 1.82) is 0 Å². The highest BCUT2D eigenvalue weighted by Gasteiger charge is 2.26. The molecular weight excluding hydrogens is 424 g/mol. The van der Waals surface area contributed by atoms with E-state index < -0.39 is 11.6 Å². The Morgan fingerprint density at radius 1 is 1.18 bits per heavy atom. The Morgan fingerprint density at radius 3 is 2.76 bits per heavy atom. The third kappa shape index (κ3) is 5.05. The van der Waals surface area contributed by atoms with Gasteiger partial charge in [0.1, 0.15) is 24.0 Å². The number of nitrogens with two attached hydrogens (primary N) is 1. The van der Waals surface area contributed by atoms with Crippen LogP contribution in [0.2, 0.25) is 0 Å². The van der Waals surface area contributed by atoms with Crippen LogP contribution in [-0.2, 0) is 6.61 Å². The first-order chi connectivity index (χ1) is 15.8. The monoisotopic (exact) mass is 451 g/mol. The van der Waals surface area contributed by atoms with Gasteiger partial charge in [-0.15, -0.1) is 0 Å². The van der Waals surface area contributed by atoms with E-state index in [1.54, 1.807) is 18.2 Å². The highest BCUT2D eigenvalue weighted by Crippen LogP contribution is 2.28. The Morgan fingerprint density at radius 2 is 2.00 bits per heavy atom. The van der Waals surface area contributed by atoms with E-state index >= 15 is 0 Å². The average molecular weight is 452 g/mol. The summed E-state index contributed by atoms with van der Waals surface area (Å²) in [6, 6.07) is 8.83. The molecule has 3 N–H and O–H groups in total. The minimum absolute atomic E-state index is 0.0630. The van der Waals surface area contributed by atoms with E-state index in [1.807, 2.05) is 18.0 Å². The number of amidine groups is 1. The second-order valence-corrected chi connectivity index (χ2v) is 8.27. The first kappa shape index (κ1) is 22.5. The lowest BCUT2D eigenvalue weighted by molar-refractivity contribution is 0.299. The van der Waals surface area contributed by atoms with E-state index in [0.717, 1.165) is 29.7 Å². The molecule has 0 aromatic heterocycles. The molecule has 2 aliphatic heterocycles. The van der Waals surface area contributed by atoms with Crippen LogP contribution in [-0.4, -0.2) is 29.1 Å². The zero-order valence-electron chi connectivity index (χ0n) is 18.9. The number of anilines is 1. The molecule has 0 atom stereocenters. The maximum atomic E-state index is 14.1. The Kier molecular flexibility index (Phi) is 6.44. The maximum absolute atomic E-state index is 14.1. The van der Waals surface area contributed by atoms with E-state index in [0.29, 0.717) is 29.3 Å². The molecule has 0 saturated carbocycles. The van der Waals surface area contributed by atoms with Gasteiger partial charge in [-0.05, 0) is 63.6 Å². The van der Waals surface area contributed by atoms with Gasteiger partial charge < -0.3 is 15.8 Å². The van der Waals surface area contributed by atoms with Gasteiger partial charge in [-0.3, -0.25) is 4.99 Å². The van der Waals surface area contributed by atoms with Gasteiger partial charge in [-0.1, -0.05) is 6.08 Å². The molecule has 0 amide bonds. The fourth-order valence-corrected chi connectivity index (χ4v) is 3.64. The first-order valence-electron chi connectivity index (χ1n) is 10.9. The highest BCUT2D eigenvalue weighted by molar-refractivity contribution is 6.17. The number of allylic oxidation sites excluding steroid dienone is 2. The largest absolute Gasteiger partial charge is 0.488 e. The molecule has 33 heavy (non-hydrogen) atoms. The Hall–Kier alpha value is -3.68. The third-order valence-electron chi connectivity index (χ3n) is 5.22. The smallest absolute Gasteiger partial charge is 0.172 e. The van der Waals surface area contributed by atoms with Gasteiger partial charge in [-0.2, -0.15) is 5.10 Å². The lowest BCUT2D eigenvalue weighted by Gasteiger charge is -2.29. The Bertz CT molecular complexity index is 1180. The van der Waals surface area contributed by atoms with Gasteiger partial charge in [0.15, 0.2) is 5.84 Å². The summed E-state index contributed by atoms with van der Waals surface area (Å²) in [5.41, 5.74) is 10.00. The zero-order chi connectivity index (χ0) is 23.5. The molecule has 0 saturated heterocycles. The summed E-state index contributed by atoms with van der Waals surface area (Å²) in [6.07, 6.45) is 4.86. The number of nitrogen functional groups attached to an aromatic ring is 1. The van der Waals surface area contributed by atoms with Crippen molar-refractivity contribution in [1.82, 2.24) is 10.3 Å². The number of rotatable bonds is 6. The number of aliphatic imine (C=N–C) groups is 1. The number of fused-ring (bicyclic) bond motifs is 1. The number of hydrogen-bond donors (Lipinski definition) is 2. The van der Waals surface area contributed by atoms with E-state index in [2.05, 4.69) is 25.2 Å². The number of nitrogens with one attached hydrogen (secondary N) is 1. The van der Waals surface area contributed by atoms with Crippen LogP contribution in [0.4, 0.5) is 14.5 Å². The summed E-state index contributed by atoms with van der Waals surface area (Å²) in [4.78, 5) is 4.72. The van der Waals surface area contributed by atoms with Crippen LogP contribution in [0.25, 0.3) is 0 Å². The molecule has 2 aromatic carbocycles. The second-order valence-electron chi connectivity index (χ2n) is 8.27. The molecule has 0 aliphatic carbocycles. The average Bonchev–Trinajstić information content (AvgIpc) is 2.95. The number of hydrogen-bond acceptors (Lipinski definition) is 6. The van der Waals surface area contributed by atoms with Crippen LogP contribution < -0.4 is 15.8 Å². The van der Waals surface area contributed by atoms with Crippen molar-refractivity contribution in [2.45, 2.75) is 39.8 Å². The molecule has 0 fully saturated rings.